The lowest BCUT2D eigenvalue weighted by molar-refractivity contribution is -0.384. The van der Waals surface area contributed by atoms with Gasteiger partial charge in [0.05, 0.1) is 4.92 Å². The van der Waals surface area contributed by atoms with Crippen LogP contribution in [0.4, 0.5) is 11.4 Å². The Kier molecular flexibility index (Phi) is 3.60. The number of rotatable bonds is 5. The van der Waals surface area contributed by atoms with Gasteiger partial charge in [0.2, 0.25) is 0 Å². The molecule has 0 aromatic heterocycles. The monoisotopic (exact) mass is 222 g/mol. The summed E-state index contributed by atoms with van der Waals surface area (Å²) in [7, 11) is 0. The van der Waals surface area contributed by atoms with Crippen LogP contribution in [-0.4, -0.2) is 22.0 Å². The summed E-state index contributed by atoms with van der Waals surface area (Å²) in [5, 5.41) is 21.8. The SMILES string of the molecule is C=CC(Nc1ccc([N+](=O)[O-])cc1)C(=O)O. The van der Waals surface area contributed by atoms with E-state index in [1.807, 2.05) is 0 Å². The van der Waals surface area contributed by atoms with E-state index in [1.165, 1.54) is 30.3 Å². The Bertz CT molecular complexity index is 413. The number of carboxylic acid groups (broad SMARTS) is 1. The van der Waals surface area contributed by atoms with Gasteiger partial charge in [0.15, 0.2) is 0 Å². The quantitative estimate of drug-likeness (QED) is 0.449. The van der Waals surface area contributed by atoms with Gasteiger partial charge in [-0.2, -0.15) is 0 Å². The lowest BCUT2D eigenvalue weighted by Gasteiger charge is -2.10. The number of non-ortho nitro benzene ring substituents is 1. The van der Waals surface area contributed by atoms with Gasteiger partial charge in [-0.05, 0) is 12.1 Å². The van der Waals surface area contributed by atoms with E-state index in [0.29, 0.717) is 5.69 Å². The molecule has 1 atom stereocenters. The Morgan fingerprint density at radius 3 is 2.44 bits per heavy atom. The number of nitrogens with one attached hydrogen (secondary N) is 1. The molecule has 2 N–H and O–H groups in total. The zero-order valence-electron chi connectivity index (χ0n) is 8.29. The first-order valence-electron chi connectivity index (χ1n) is 4.41. The summed E-state index contributed by atoms with van der Waals surface area (Å²) >= 11 is 0. The first-order chi connectivity index (χ1) is 7.54. The smallest absolute Gasteiger partial charge is 0.330 e. The van der Waals surface area contributed by atoms with Gasteiger partial charge in [-0.1, -0.05) is 6.08 Å². The van der Waals surface area contributed by atoms with Crippen LogP contribution in [0.3, 0.4) is 0 Å². The van der Waals surface area contributed by atoms with E-state index in [-0.39, 0.29) is 5.69 Å². The molecule has 84 valence electrons. The zero-order chi connectivity index (χ0) is 12.1. The Balaban J connectivity index is 2.78. The van der Waals surface area contributed by atoms with Crippen LogP contribution in [0.25, 0.3) is 0 Å². The van der Waals surface area contributed by atoms with Gasteiger partial charge in [-0.3, -0.25) is 10.1 Å². The second kappa shape index (κ2) is 4.92. The summed E-state index contributed by atoms with van der Waals surface area (Å²) in [6.07, 6.45) is 1.24. The van der Waals surface area contributed by atoms with E-state index in [1.54, 1.807) is 0 Å². The highest BCUT2D eigenvalue weighted by Gasteiger charge is 2.12. The van der Waals surface area contributed by atoms with Crippen LogP contribution in [-0.2, 0) is 4.79 Å². The fourth-order valence-corrected chi connectivity index (χ4v) is 1.08. The molecule has 0 saturated heterocycles. The summed E-state index contributed by atoms with van der Waals surface area (Å²) in [6, 6.07) is 4.56. The van der Waals surface area contributed by atoms with E-state index < -0.39 is 16.9 Å². The van der Waals surface area contributed by atoms with Crippen LogP contribution in [0.5, 0.6) is 0 Å². The molecule has 16 heavy (non-hydrogen) atoms. The average molecular weight is 222 g/mol. The number of hydrogen-bond donors (Lipinski definition) is 2. The maximum atomic E-state index is 10.7. The Hall–Kier alpha value is -2.37. The van der Waals surface area contributed by atoms with E-state index in [2.05, 4.69) is 11.9 Å². The molecule has 1 rings (SSSR count). The van der Waals surface area contributed by atoms with Gasteiger partial charge < -0.3 is 10.4 Å². The molecule has 0 bridgehead atoms. The molecule has 1 aromatic carbocycles. The standard InChI is InChI=1S/C10H10N2O4/c1-2-9(10(13)14)11-7-3-5-8(6-4-7)12(15)16/h2-6,9,11H,1H2,(H,13,14). The fraction of sp³-hybridized carbons (Fsp3) is 0.100. The predicted octanol–water partition coefficient (Wildman–Crippen LogP) is 1.65. The molecule has 0 radical (unpaired) electrons. The van der Waals surface area contributed by atoms with Gasteiger partial charge in [-0.15, -0.1) is 6.58 Å². The highest BCUT2D eigenvalue weighted by Crippen LogP contribution is 2.16. The highest BCUT2D eigenvalue weighted by atomic mass is 16.6. The maximum Gasteiger partial charge on any atom is 0.330 e. The third-order valence-electron chi connectivity index (χ3n) is 1.90. The minimum absolute atomic E-state index is 0.0453. The average Bonchev–Trinajstić information content (AvgIpc) is 2.26. The summed E-state index contributed by atoms with van der Waals surface area (Å²) in [4.78, 5) is 20.5. The second-order valence-electron chi connectivity index (χ2n) is 3.00. The van der Waals surface area contributed by atoms with Crippen LogP contribution in [0.2, 0.25) is 0 Å². The minimum atomic E-state index is -1.06. The molecule has 0 saturated carbocycles. The molecule has 0 aliphatic rings. The molecule has 0 spiro atoms. The zero-order valence-corrected chi connectivity index (χ0v) is 8.29. The third-order valence-corrected chi connectivity index (χ3v) is 1.90. The van der Waals surface area contributed by atoms with Crippen LogP contribution >= 0.6 is 0 Å². The molecule has 1 unspecified atom stereocenters. The van der Waals surface area contributed by atoms with Gasteiger partial charge in [0.1, 0.15) is 6.04 Å². The normalized spacial score (nSPS) is 11.5. The van der Waals surface area contributed by atoms with Gasteiger partial charge >= 0.3 is 5.97 Å². The summed E-state index contributed by atoms with van der Waals surface area (Å²) in [6.45, 7) is 3.37. The fourth-order valence-electron chi connectivity index (χ4n) is 1.08. The molecular weight excluding hydrogens is 212 g/mol. The minimum Gasteiger partial charge on any atom is -0.479 e. The van der Waals surface area contributed by atoms with Gasteiger partial charge in [0, 0.05) is 17.8 Å². The number of anilines is 1. The van der Waals surface area contributed by atoms with E-state index >= 15 is 0 Å². The van der Waals surface area contributed by atoms with Crippen molar-refractivity contribution in [3.63, 3.8) is 0 Å². The van der Waals surface area contributed by atoms with Crippen molar-refractivity contribution in [3.8, 4) is 0 Å². The van der Waals surface area contributed by atoms with E-state index in [4.69, 9.17) is 5.11 Å². The number of carboxylic acids is 1. The first-order valence-corrected chi connectivity index (χ1v) is 4.41. The summed E-state index contributed by atoms with van der Waals surface area (Å²) < 4.78 is 0. The second-order valence-corrected chi connectivity index (χ2v) is 3.00. The lowest BCUT2D eigenvalue weighted by Crippen LogP contribution is -2.26. The number of aliphatic carboxylic acids is 1. The topological polar surface area (TPSA) is 92.5 Å². The van der Waals surface area contributed by atoms with E-state index in [0.717, 1.165) is 0 Å². The molecule has 0 heterocycles. The van der Waals surface area contributed by atoms with Crippen LogP contribution in [0, 0.1) is 10.1 Å². The van der Waals surface area contributed by atoms with E-state index in [9.17, 15) is 14.9 Å². The number of benzene rings is 1. The number of nitrogens with zero attached hydrogens (tertiary/aromatic N) is 1. The molecular formula is C10H10N2O4. The van der Waals surface area contributed by atoms with Crippen molar-refractivity contribution >= 4 is 17.3 Å². The van der Waals surface area contributed by atoms with Gasteiger partial charge in [-0.25, -0.2) is 4.79 Å². The van der Waals surface area contributed by atoms with Crippen LogP contribution < -0.4 is 5.32 Å². The summed E-state index contributed by atoms with van der Waals surface area (Å²) in [5.74, 6) is -1.06. The lowest BCUT2D eigenvalue weighted by atomic mass is 10.2. The predicted molar refractivity (Wildman–Crippen MR) is 58.3 cm³/mol. The third kappa shape index (κ3) is 2.81. The largest absolute Gasteiger partial charge is 0.479 e. The molecule has 0 aliphatic carbocycles. The van der Waals surface area contributed by atoms with Crippen molar-refractivity contribution in [2.75, 3.05) is 5.32 Å². The molecule has 6 nitrogen and oxygen atoms in total. The van der Waals surface area contributed by atoms with Crippen molar-refractivity contribution in [1.82, 2.24) is 0 Å². The number of carbonyl (C=O) groups is 1. The van der Waals surface area contributed by atoms with Crippen molar-refractivity contribution in [1.29, 1.82) is 0 Å². The Morgan fingerprint density at radius 2 is 2.06 bits per heavy atom. The number of hydrogen-bond acceptors (Lipinski definition) is 4. The summed E-state index contributed by atoms with van der Waals surface area (Å²) in [5.41, 5.74) is 0.439. The molecule has 0 amide bonds. The van der Waals surface area contributed by atoms with Crippen molar-refractivity contribution in [3.05, 3.63) is 47.0 Å². The molecule has 1 aromatic rings. The van der Waals surface area contributed by atoms with Gasteiger partial charge in [0.25, 0.3) is 5.69 Å². The number of nitro groups is 1. The van der Waals surface area contributed by atoms with Crippen molar-refractivity contribution in [2.24, 2.45) is 0 Å². The maximum absolute atomic E-state index is 10.7. The Labute approximate surface area is 91.4 Å². The molecule has 0 fully saturated rings. The first kappa shape index (κ1) is 11.7. The Morgan fingerprint density at radius 1 is 1.50 bits per heavy atom. The number of nitro benzene ring substituents is 1. The van der Waals surface area contributed by atoms with Crippen molar-refractivity contribution in [2.45, 2.75) is 6.04 Å². The highest BCUT2D eigenvalue weighted by molar-refractivity contribution is 5.79. The molecule has 0 aliphatic heterocycles. The van der Waals surface area contributed by atoms with Crippen LogP contribution in [0.1, 0.15) is 0 Å². The van der Waals surface area contributed by atoms with Crippen LogP contribution in [0.15, 0.2) is 36.9 Å². The molecule has 6 heteroatoms. The van der Waals surface area contributed by atoms with Crippen molar-refractivity contribution < 1.29 is 14.8 Å².